The number of anilines is 1. The van der Waals surface area contributed by atoms with Crippen LogP contribution in [0.5, 0.6) is 5.75 Å². The van der Waals surface area contributed by atoms with Crippen molar-refractivity contribution < 1.29 is 13.9 Å². The van der Waals surface area contributed by atoms with Gasteiger partial charge in [-0.1, -0.05) is 65.8 Å². The summed E-state index contributed by atoms with van der Waals surface area (Å²) in [5.41, 5.74) is 2.33. The quantitative estimate of drug-likeness (QED) is 0.388. The Balaban J connectivity index is 1.66. The SMILES string of the molecule is C#CCOc1ccccc1C=c1sc2n(c1=O)C(c1ccc(F)cc1)C(C(=O)Nc1ccccc1)=C(C)N=2. The number of amides is 1. The van der Waals surface area contributed by atoms with Crippen LogP contribution in [-0.2, 0) is 4.79 Å². The average molecular weight is 524 g/mol. The monoisotopic (exact) mass is 523 g/mol. The number of benzene rings is 3. The average Bonchev–Trinajstić information content (AvgIpc) is 3.22. The lowest BCUT2D eigenvalue weighted by atomic mass is 9.95. The summed E-state index contributed by atoms with van der Waals surface area (Å²) in [4.78, 5) is 32.4. The molecule has 2 heterocycles. The van der Waals surface area contributed by atoms with Crippen molar-refractivity contribution in [3.63, 3.8) is 0 Å². The number of allylic oxidation sites excluding steroid dienone is 1. The van der Waals surface area contributed by atoms with Crippen LogP contribution in [0.15, 0.2) is 99.9 Å². The van der Waals surface area contributed by atoms with E-state index in [0.29, 0.717) is 43.2 Å². The van der Waals surface area contributed by atoms with Gasteiger partial charge in [0, 0.05) is 11.3 Å². The molecule has 1 atom stereocenters. The van der Waals surface area contributed by atoms with Crippen LogP contribution in [0.2, 0.25) is 0 Å². The summed E-state index contributed by atoms with van der Waals surface area (Å²) >= 11 is 1.20. The standard InChI is InChI=1S/C30H22FN3O3S/c1-3-17-37-24-12-8-7-9-21(24)18-25-29(36)34-27(20-13-15-22(31)16-14-20)26(19(2)32-30(34)38-25)28(35)33-23-10-5-4-6-11-23/h1,4-16,18,27H,17H2,2H3,(H,33,35). The smallest absolute Gasteiger partial charge is 0.271 e. The first kappa shape index (κ1) is 24.9. The maximum Gasteiger partial charge on any atom is 0.271 e. The number of para-hydroxylation sites is 2. The largest absolute Gasteiger partial charge is 0.480 e. The number of fused-ring (bicyclic) bond motifs is 1. The molecule has 1 N–H and O–H groups in total. The highest BCUT2D eigenvalue weighted by Crippen LogP contribution is 2.31. The van der Waals surface area contributed by atoms with Gasteiger partial charge in [0.25, 0.3) is 11.5 Å². The topological polar surface area (TPSA) is 72.7 Å². The number of ether oxygens (including phenoxy) is 1. The number of aromatic nitrogens is 1. The predicted molar refractivity (Wildman–Crippen MR) is 146 cm³/mol. The third-order valence-corrected chi connectivity index (χ3v) is 6.98. The molecule has 0 saturated heterocycles. The van der Waals surface area contributed by atoms with Crippen molar-refractivity contribution in [1.82, 2.24) is 4.57 Å². The molecule has 0 radical (unpaired) electrons. The number of terminal acetylenes is 1. The Morgan fingerprint density at radius 2 is 1.84 bits per heavy atom. The Morgan fingerprint density at radius 1 is 1.13 bits per heavy atom. The Morgan fingerprint density at radius 3 is 2.58 bits per heavy atom. The van der Waals surface area contributed by atoms with Crippen LogP contribution in [0.3, 0.4) is 0 Å². The van der Waals surface area contributed by atoms with Crippen molar-refractivity contribution in [1.29, 1.82) is 0 Å². The van der Waals surface area contributed by atoms with E-state index in [1.165, 1.54) is 28.0 Å². The van der Waals surface area contributed by atoms with Gasteiger partial charge < -0.3 is 10.1 Å². The number of hydrogen-bond acceptors (Lipinski definition) is 5. The van der Waals surface area contributed by atoms with E-state index in [4.69, 9.17) is 11.2 Å². The molecule has 0 bridgehead atoms. The van der Waals surface area contributed by atoms with Gasteiger partial charge in [0.05, 0.1) is 21.8 Å². The summed E-state index contributed by atoms with van der Waals surface area (Å²) < 4.78 is 21.3. The second-order valence-electron chi connectivity index (χ2n) is 8.48. The number of carbonyl (C=O) groups is 1. The molecule has 0 saturated carbocycles. The van der Waals surface area contributed by atoms with E-state index in [1.54, 1.807) is 43.3 Å². The molecule has 0 aliphatic carbocycles. The molecule has 188 valence electrons. The van der Waals surface area contributed by atoms with Crippen LogP contribution < -0.4 is 24.9 Å². The highest BCUT2D eigenvalue weighted by Gasteiger charge is 2.32. The number of rotatable bonds is 6. The summed E-state index contributed by atoms with van der Waals surface area (Å²) in [6, 6.07) is 21.3. The van der Waals surface area contributed by atoms with E-state index in [2.05, 4.69) is 16.2 Å². The van der Waals surface area contributed by atoms with Crippen LogP contribution in [0.25, 0.3) is 6.08 Å². The van der Waals surface area contributed by atoms with Crippen LogP contribution in [0.1, 0.15) is 24.1 Å². The number of nitrogens with zero attached hydrogens (tertiary/aromatic N) is 2. The van der Waals surface area contributed by atoms with E-state index in [1.807, 2.05) is 36.4 Å². The lowest BCUT2D eigenvalue weighted by Gasteiger charge is -2.25. The molecule has 8 heteroatoms. The first-order chi connectivity index (χ1) is 18.5. The van der Waals surface area contributed by atoms with E-state index in [-0.39, 0.29) is 12.2 Å². The zero-order chi connectivity index (χ0) is 26.6. The van der Waals surface area contributed by atoms with Crippen LogP contribution in [-0.4, -0.2) is 17.1 Å². The molecule has 1 aromatic heterocycles. The van der Waals surface area contributed by atoms with Crippen LogP contribution >= 0.6 is 11.3 Å². The number of halogens is 1. The Bertz CT molecular complexity index is 1760. The van der Waals surface area contributed by atoms with Crippen molar-refractivity contribution in [2.75, 3.05) is 11.9 Å². The highest BCUT2D eigenvalue weighted by molar-refractivity contribution is 7.07. The minimum atomic E-state index is -0.800. The molecule has 6 nitrogen and oxygen atoms in total. The van der Waals surface area contributed by atoms with Gasteiger partial charge in [-0.25, -0.2) is 9.38 Å². The van der Waals surface area contributed by atoms with Gasteiger partial charge in [0.15, 0.2) is 4.80 Å². The molecule has 1 aliphatic rings. The van der Waals surface area contributed by atoms with Gasteiger partial charge >= 0.3 is 0 Å². The predicted octanol–water partition coefficient (Wildman–Crippen LogP) is 4.03. The summed E-state index contributed by atoms with van der Waals surface area (Å²) in [5, 5.41) is 2.89. The van der Waals surface area contributed by atoms with Gasteiger partial charge in [0.2, 0.25) is 0 Å². The fourth-order valence-electron chi connectivity index (χ4n) is 4.28. The number of nitrogens with one attached hydrogen (secondary N) is 1. The number of thiazole rings is 1. The van der Waals surface area contributed by atoms with E-state index < -0.39 is 17.8 Å². The lowest BCUT2D eigenvalue weighted by Crippen LogP contribution is -2.40. The summed E-state index contributed by atoms with van der Waals surface area (Å²) in [6.45, 7) is 1.83. The molecule has 3 aromatic carbocycles. The maximum atomic E-state index is 13.8. The second kappa shape index (κ2) is 10.7. The first-order valence-electron chi connectivity index (χ1n) is 11.8. The Kier molecular flexibility index (Phi) is 7.03. The van der Waals surface area contributed by atoms with E-state index in [9.17, 15) is 14.0 Å². The minimum Gasteiger partial charge on any atom is -0.480 e. The maximum absolute atomic E-state index is 13.8. The fourth-order valence-corrected chi connectivity index (χ4v) is 5.32. The van der Waals surface area contributed by atoms with Crippen molar-refractivity contribution in [2.45, 2.75) is 13.0 Å². The third-order valence-electron chi connectivity index (χ3n) is 6.00. The van der Waals surface area contributed by atoms with Gasteiger partial charge in [0.1, 0.15) is 18.2 Å². The molecule has 1 aliphatic heterocycles. The number of hydrogen-bond donors (Lipinski definition) is 1. The van der Waals surface area contributed by atoms with Gasteiger partial charge in [-0.3, -0.25) is 14.2 Å². The van der Waals surface area contributed by atoms with Gasteiger partial charge in [-0.2, -0.15) is 0 Å². The molecule has 38 heavy (non-hydrogen) atoms. The molecule has 0 spiro atoms. The molecule has 1 unspecified atom stereocenters. The second-order valence-corrected chi connectivity index (χ2v) is 9.49. The zero-order valence-corrected chi connectivity index (χ0v) is 21.2. The normalized spacial score (nSPS) is 14.9. The minimum absolute atomic E-state index is 0.0930. The van der Waals surface area contributed by atoms with Crippen molar-refractivity contribution in [3.05, 3.63) is 127 Å². The molecular weight excluding hydrogens is 501 g/mol. The summed E-state index contributed by atoms with van der Waals surface area (Å²) in [7, 11) is 0. The zero-order valence-electron chi connectivity index (χ0n) is 20.4. The molecule has 4 aromatic rings. The van der Waals surface area contributed by atoms with E-state index >= 15 is 0 Å². The third kappa shape index (κ3) is 4.92. The molecule has 5 rings (SSSR count). The Labute approximate surface area is 222 Å². The molecule has 1 amide bonds. The highest BCUT2D eigenvalue weighted by atomic mass is 32.1. The van der Waals surface area contributed by atoms with Crippen LogP contribution in [0.4, 0.5) is 10.1 Å². The van der Waals surface area contributed by atoms with Crippen LogP contribution in [0, 0.1) is 18.2 Å². The molecule has 0 fully saturated rings. The first-order valence-corrected chi connectivity index (χ1v) is 12.6. The van der Waals surface area contributed by atoms with Crippen molar-refractivity contribution in [3.8, 4) is 18.1 Å². The van der Waals surface area contributed by atoms with E-state index in [0.717, 1.165) is 0 Å². The summed E-state index contributed by atoms with van der Waals surface area (Å²) in [6.07, 6.45) is 7.06. The number of carbonyl (C=O) groups excluding carboxylic acids is 1. The van der Waals surface area contributed by atoms with Gasteiger partial charge in [-0.05, 0) is 48.9 Å². The van der Waals surface area contributed by atoms with Crippen molar-refractivity contribution >= 4 is 29.0 Å². The fraction of sp³-hybridized carbons (Fsp3) is 0.100. The van der Waals surface area contributed by atoms with Gasteiger partial charge in [-0.15, -0.1) is 6.42 Å². The summed E-state index contributed by atoms with van der Waals surface area (Å²) in [5.74, 6) is 2.18. The lowest BCUT2D eigenvalue weighted by molar-refractivity contribution is -0.113. The van der Waals surface area contributed by atoms with Crippen molar-refractivity contribution in [2.24, 2.45) is 4.99 Å². The Hall–Kier alpha value is -4.74. The molecular formula is C30H22FN3O3S.